The van der Waals surface area contributed by atoms with Gasteiger partial charge in [-0.2, -0.15) is 0 Å². The van der Waals surface area contributed by atoms with Gasteiger partial charge < -0.3 is 15.5 Å². The molecule has 0 aromatic heterocycles. The predicted molar refractivity (Wildman–Crippen MR) is 103 cm³/mol. The zero-order valence-electron chi connectivity index (χ0n) is 15.2. The smallest absolute Gasteiger partial charge is 0.314 e. The summed E-state index contributed by atoms with van der Waals surface area (Å²) in [5.74, 6) is 0. The first-order valence-electron chi connectivity index (χ1n) is 9.61. The minimum absolute atomic E-state index is 0.0491. The molecular weight excluding hydrogens is 334 g/mol. The van der Waals surface area contributed by atoms with E-state index in [4.69, 9.17) is 11.6 Å². The largest absolute Gasteiger partial charge is 0.338 e. The first-order valence-corrected chi connectivity index (χ1v) is 9.99. The predicted octanol–water partition coefficient (Wildman–Crippen LogP) is 3.94. The van der Waals surface area contributed by atoms with Crippen LogP contribution >= 0.6 is 11.6 Å². The maximum Gasteiger partial charge on any atom is 0.314 e. The lowest BCUT2D eigenvalue weighted by Crippen LogP contribution is -2.42. The highest BCUT2D eigenvalue weighted by Gasteiger charge is 2.44. The zero-order valence-corrected chi connectivity index (χ0v) is 15.9. The Hall–Kier alpha value is -1.26. The Labute approximate surface area is 156 Å². The molecule has 1 saturated heterocycles. The van der Waals surface area contributed by atoms with E-state index in [1.165, 1.54) is 31.4 Å². The van der Waals surface area contributed by atoms with Gasteiger partial charge in [-0.25, -0.2) is 4.79 Å². The molecule has 1 aliphatic carbocycles. The summed E-state index contributed by atoms with van der Waals surface area (Å²) in [5, 5.41) is 6.81. The molecule has 0 bridgehead atoms. The van der Waals surface area contributed by atoms with Gasteiger partial charge in [0.1, 0.15) is 0 Å². The van der Waals surface area contributed by atoms with Gasteiger partial charge in [-0.05, 0) is 63.3 Å². The van der Waals surface area contributed by atoms with Crippen molar-refractivity contribution in [3.8, 4) is 0 Å². The molecule has 1 unspecified atom stereocenters. The van der Waals surface area contributed by atoms with E-state index in [1.807, 2.05) is 12.1 Å². The number of halogens is 1. The molecule has 5 heteroatoms. The van der Waals surface area contributed by atoms with E-state index in [9.17, 15) is 4.79 Å². The summed E-state index contributed by atoms with van der Waals surface area (Å²) in [5.41, 5.74) is 1.39. The summed E-state index contributed by atoms with van der Waals surface area (Å²) in [4.78, 5) is 14.6. The molecule has 25 heavy (non-hydrogen) atoms. The number of nitrogens with zero attached hydrogens (tertiary/aromatic N) is 1. The summed E-state index contributed by atoms with van der Waals surface area (Å²) in [6.07, 6.45) is 7.24. The van der Waals surface area contributed by atoms with Gasteiger partial charge in [-0.15, -0.1) is 0 Å². The van der Waals surface area contributed by atoms with Crippen molar-refractivity contribution in [2.45, 2.75) is 56.9 Å². The number of hydrogen-bond acceptors (Lipinski definition) is 2. The minimum atomic E-state index is -0.0491. The van der Waals surface area contributed by atoms with Crippen molar-refractivity contribution < 1.29 is 4.79 Å². The fraction of sp³-hybridized carbons (Fsp3) is 0.650. The highest BCUT2D eigenvalue weighted by molar-refractivity contribution is 6.30. The zero-order chi connectivity index (χ0) is 17.7. The van der Waals surface area contributed by atoms with E-state index in [0.717, 1.165) is 37.4 Å². The fourth-order valence-electron chi connectivity index (χ4n) is 3.81. The van der Waals surface area contributed by atoms with E-state index < -0.39 is 0 Å². The number of likely N-dealkylation sites (tertiary alicyclic amines) is 1. The number of piperidine rings is 1. The number of nitrogens with one attached hydrogen (secondary N) is 2. The molecule has 2 N–H and O–H groups in total. The lowest BCUT2D eigenvalue weighted by Gasteiger charge is -2.33. The number of benzene rings is 1. The van der Waals surface area contributed by atoms with Crippen molar-refractivity contribution in [1.82, 2.24) is 15.5 Å². The summed E-state index contributed by atoms with van der Waals surface area (Å²) < 4.78 is 0. The summed E-state index contributed by atoms with van der Waals surface area (Å²) in [7, 11) is 0. The molecule has 1 aromatic rings. The lowest BCUT2D eigenvalue weighted by atomic mass is 9.96. The second kappa shape index (κ2) is 8.41. The Kier molecular flexibility index (Phi) is 6.24. The van der Waals surface area contributed by atoms with Crippen LogP contribution in [-0.4, -0.2) is 43.2 Å². The van der Waals surface area contributed by atoms with Crippen molar-refractivity contribution >= 4 is 17.6 Å². The summed E-state index contributed by atoms with van der Waals surface area (Å²) in [6, 6.07) is 8.66. The molecule has 1 heterocycles. The van der Waals surface area contributed by atoms with Crippen LogP contribution in [0.1, 0.15) is 51.0 Å². The van der Waals surface area contributed by atoms with Gasteiger partial charge in [-0.1, -0.05) is 30.2 Å². The van der Waals surface area contributed by atoms with E-state index >= 15 is 0 Å². The molecule has 2 aliphatic rings. The molecule has 0 radical (unpaired) electrons. The molecule has 4 nitrogen and oxygen atoms in total. The third-order valence-electron chi connectivity index (χ3n) is 5.75. The third kappa shape index (κ3) is 5.11. The molecule has 3 rings (SSSR count). The van der Waals surface area contributed by atoms with Crippen molar-refractivity contribution in [2.24, 2.45) is 0 Å². The highest BCUT2D eigenvalue weighted by Crippen LogP contribution is 2.47. The van der Waals surface area contributed by atoms with Gasteiger partial charge in [0, 0.05) is 36.1 Å². The second-order valence-electron chi connectivity index (χ2n) is 7.63. The van der Waals surface area contributed by atoms with Gasteiger partial charge in [0.25, 0.3) is 0 Å². The topological polar surface area (TPSA) is 44.4 Å². The van der Waals surface area contributed by atoms with Gasteiger partial charge in [0.05, 0.1) is 0 Å². The molecular formula is C20H30ClN3O. The number of carbonyl (C=O) groups excluding carboxylic acids is 1. The standard InChI is InChI=1S/C20H30ClN3O/c1-16-5-2-3-13-24(16)14-4-12-22-19(25)23-15-20(10-11-20)17-6-8-18(21)9-7-17/h6-9,16H,2-5,10-15H2,1H3,(H2,22,23,25). The van der Waals surface area contributed by atoms with E-state index in [2.05, 4.69) is 34.6 Å². The SMILES string of the molecule is CC1CCCCN1CCCNC(=O)NCC1(c2ccc(Cl)cc2)CC1. The maximum absolute atomic E-state index is 12.1. The van der Waals surface area contributed by atoms with E-state index in [-0.39, 0.29) is 11.4 Å². The molecule has 2 fully saturated rings. The highest BCUT2D eigenvalue weighted by atomic mass is 35.5. The molecule has 1 aromatic carbocycles. The quantitative estimate of drug-likeness (QED) is 0.721. The van der Waals surface area contributed by atoms with Crippen LogP contribution in [-0.2, 0) is 5.41 Å². The van der Waals surface area contributed by atoms with Crippen LogP contribution in [0.5, 0.6) is 0 Å². The normalized spacial score (nSPS) is 22.4. The number of hydrogen-bond donors (Lipinski definition) is 2. The molecule has 1 atom stereocenters. The molecule has 2 amide bonds. The van der Waals surface area contributed by atoms with Crippen LogP contribution in [0.3, 0.4) is 0 Å². The Morgan fingerprint density at radius 3 is 2.68 bits per heavy atom. The average molecular weight is 364 g/mol. The van der Waals surface area contributed by atoms with Crippen molar-refractivity contribution in [1.29, 1.82) is 0 Å². The summed E-state index contributed by atoms with van der Waals surface area (Å²) >= 11 is 5.96. The molecule has 1 aliphatic heterocycles. The Balaban J connectivity index is 1.33. The lowest BCUT2D eigenvalue weighted by molar-refractivity contribution is 0.159. The number of carbonyl (C=O) groups is 1. The van der Waals surface area contributed by atoms with Crippen LogP contribution in [0.4, 0.5) is 4.79 Å². The maximum atomic E-state index is 12.1. The average Bonchev–Trinajstić information content (AvgIpc) is 3.40. The van der Waals surface area contributed by atoms with Crippen molar-refractivity contribution in [3.05, 3.63) is 34.9 Å². The number of amides is 2. The third-order valence-corrected chi connectivity index (χ3v) is 6.00. The van der Waals surface area contributed by atoms with E-state index in [0.29, 0.717) is 12.6 Å². The van der Waals surface area contributed by atoms with Gasteiger partial charge in [-0.3, -0.25) is 0 Å². The van der Waals surface area contributed by atoms with Gasteiger partial charge in [0.15, 0.2) is 0 Å². The van der Waals surface area contributed by atoms with Crippen LogP contribution in [0.25, 0.3) is 0 Å². The van der Waals surface area contributed by atoms with Gasteiger partial charge >= 0.3 is 6.03 Å². The molecule has 138 valence electrons. The van der Waals surface area contributed by atoms with Gasteiger partial charge in [0.2, 0.25) is 0 Å². The summed E-state index contributed by atoms with van der Waals surface area (Å²) in [6.45, 7) is 6.03. The van der Waals surface area contributed by atoms with Crippen LogP contribution in [0.2, 0.25) is 5.02 Å². The first kappa shape index (κ1) is 18.5. The minimum Gasteiger partial charge on any atom is -0.338 e. The first-order chi connectivity index (χ1) is 12.1. The second-order valence-corrected chi connectivity index (χ2v) is 8.07. The number of rotatable bonds is 7. The monoisotopic (exact) mass is 363 g/mol. The van der Waals surface area contributed by atoms with Crippen molar-refractivity contribution in [3.63, 3.8) is 0 Å². The molecule has 1 saturated carbocycles. The van der Waals surface area contributed by atoms with Crippen LogP contribution in [0.15, 0.2) is 24.3 Å². The Morgan fingerprint density at radius 2 is 2.00 bits per heavy atom. The van der Waals surface area contributed by atoms with Crippen LogP contribution in [0, 0.1) is 0 Å². The number of urea groups is 1. The fourth-order valence-corrected chi connectivity index (χ4v) is 3.93. The Bertz CT molecular complexity index is 571. The van der Waals surface area contributed by atoms with Crippen LogP contribution < -0.4 is 10.6 Å². The molecule has 0 spiro atoms. The Morgan fingerprint density at radius 1 is 1.24 bits per heavy atom. The van der Waals surface area contributed by atoms with Crippen molar-refractivity contribution in [2.75, 3.05) is 26.2 Å². The van der Waals surface area contributed by atoms with E-state index in [1.54, 1.807) is 0 Å².